The first-order chi connectivity index (χ1) is 16.4. The predicted molar refractivity (Wildman–Crippen MR) is 143 cm³/mol. The van der Waals surface area contributed by atoms with Gasteiger partial charge in [-0.05, 0) is 58.2 Å². The molecule has 5 nitrogen and oxygen atoms in total. The maximum atomic E-state index is 13.2. The Balaban J connectivity index is 2.24. The highest BCUT2D eigenvalue weighted by Gasteiger charge is 2.18. The topological polar surface area (TPSA) is 49.7 Å². The lowest BCUT2D eigenvalue weighted by Crippen LogP contribution is -2.23. The van der Waals surface area contributed by atoms with Gasteiger partial charge in [-0.1, -0.05) is 56.3 Å². The number of allylic oxidation sites excluding steroid dienone is 3. The Morgan fingerprint density at radius 3 is 2.32 bits per heavy atom. The van der Waals surface area contributed by atoms with Crippen molar-refractivity contribution in [3.8, 4) is 17.2 Å². The number of nitrogens with zero attached hydrogens (tertiary/aromatic N) is 1. The molecule has 1 heterocycles. The van der Waals surface area contributed by atoms with Crippen LogP contribution < -0.4 is 19.8 Å². The van der Waals surface area contributed by atoms with E-state index in [9.17, 15) is 4.79 Å². The molecule has 0 N–H and O–H groups in total. The molecule has 0 saturated carbocycles. The number of benzene rings is 1. The number of rotatable bonds is 15. The van der Waals surface area contributed by atoms with Gasteiger partial charge in [0.25, 0.3) is 5.56 Å². The normalized spacial score (nSPS) is 11.5. The molecular weight excluding hydrogens is 426 g/mol. The van der Waals surface area contributed by atoms with Gasteiger partial charge in [-0.2, -0.15) is 0 Å². The van der Waals surface area contributed by atoms with Crippen molar-refractivity contribution in [1.82, 2.24) is 4.57 Å². The summed E-state index contributed by atoms with van der Waals surface area (Å²) in [7, 11) is 3.09. The summed E-state index contributed by atoms with van der Waals surface area (Å²) in [5, 5.41) is 0.853. The van der Waals surface area contributed by atoms with Crippen LogP contribution in [-0.4, -0.2) is 25.4 Å². The van der Waals surface area contributed by atoms with Gasteiger partial charge in [0, 0.05) is 18.0 Å². The lowest BCUT2D eigenvalue weighted by molar-refractivity contribution is 0.349. The molecule has 1 aromatic heterocycles. The van der Waals surface area contributed by atoms with Crippen molar-refractivity contribution in [3.05, 3.63) is 51.9 Å². The van der Waals surface area contributed by atoms with Gasteiger partial charge in [0.15, 0.2) is 5.75 Å². The van der Waals surface area contributed by atoms with E-state index in [4.69, 9.17) is 14.2 Å². The Morgan fingerprint density at radius 2 is 1.65 bits per heavy atom. The fourth-order valence-electron chi connectivity index (χ4n) is 4.09. The van der Waals surface area contributed by atoms with E-state index in [1.54, 1.807) is 7.11 Å². The lowest BCUT2D eigenvalue weighted by atomic mass is 10.1. The third-order valence-corrected chi connectivity index (χ3v) is 6.07. The van der Waals surface area contributed by atoms with E-state index in [1.165, 1.54) is 43.9 Å². The number of fused-ring (bicyclic) bond motifs is 1. The second-order valence-electron chi connectivity index (χ2n) is 9.15. The molecule has 0 bridgehead atoms. The SMILES string of the molecule is CCCCCCCCn1c(=O)c(OC)c(OC)c2ccc(OC/C=C(\C)CCC=C(C)C)cc21. The number of pyridine rings is 1. The van der Waals surface area contributed by atoms with Crippen LogP contribution >= 0.6 is 0 Å². The summed E-state index contributed by atoms with van der Waals surface area (Å²) < 4.78 is 18.8. The van der Waals surface area contributed by atoms with Crippen molar-refractivity contribution in [1.29, 1.82) is 0 Å². The van der Waals surface area contributed by atoms with Crippen molar-refractivity contribution < 1.29 is 14.2 Å². The summed E-state index contributed by atoms with van der Waals surface area (Å²) in [6.07, 6.45) is 13.5. The predicted octanol–water partition coefficient (Wildman–Crippen LogP) is 7.45. The van der Waals surface area contributed by atoms with Gasteiger partial charge in [0.2, 0.25) is 5.75 Å². The van der Waals surface area contributed by atoms with Gasteiger partial charge in [-0.25, -0.2) is 0 Å². The minimum absolute atomic E-state index is 0.160. The van der Waals surface area contributed by atoms with E-state index in [0.29, 0.717) is 18.9 Å². The van der Waals surface area contributed by atoms with Crippen LogP contribution in [0.15, 0.2) is 46.3 Å². The first-order valence-corrected chi connectivity index (χ1v) is 12.6. The maximum Gasteiger partial charge on any atom is 0.297 e. The molecular formula is C29H43NO4. The number of unbranched alkanes of at least 4 members (excludes halogenated alkanes) is 5. The van der Waals surface area contributed by atoms with Crippen LogP contribution in [0.5, 0.6) is 17.2 Å². The van der Waals surface area contributed by atoms with Crippen LogP contribution in [0.1, 0.15) is 79.1 Å². The zero-order valence-electron chi connectivity index (χ0n) is 22.0. The summed E-state index contributed by atoms with van der Waals surface area (Å²) in [6.45, 7) is 9.75. The van der Waals surface area contributed by atoms with Crippen LogP contribution in [0.2, 0.25) is 0 Å². The molecule has 0 fully saturated rings. The number of aryl methyl sites for hydroxylation is 1. The van der Waals surface area contributed by atoms with E-state index in [-0.39, 0.29) is 11.3 Å². The number of hydrogen-bond donors (Lipinski definition) is 0. The first kappa shape index (κ1) is 27.6. The highest BCUT2D eigenvalue weighted by molar-refractivity contribution is 5.89. The van der Waals surface area contributed by atoms with E-state index in [2.05, 4.69) is 39.8 Å². The average molecular weight is 470 g/mol. The van der Waals surface area contributed by atoms with Gasteiger partial charge >= 0.3 is 0 Å². The maximum absolute atomic E-state index is 13.2. The first-order valence-electron chi connectivity index (χ1n) is 12.6. The number of ether oxygens (including phenoxy) is 3. The molecule has 0 atom stereocenters. The number of aromatic nitrogens is 1. The van der Waals surface area contributed by atoms with E-state index in [1.807, 2.05) is 22.8 Å². The molecule has 0 aliphatic carbocycles. The summed E-state index contributed by atoms with van der Waals surface area (Å²) in [5.74, 6) is 1.47. The largest absolute Gasteiger partial charge is 0.492 e. The van der Waals surface area contributed by atoms with Crippen molar-refractivity contribution in [2.45, 2.75) is 85.6 Å². The van der Waals surface area contributed by atoms with Crippen LogP contribution in [0.25, 0.3) is 10.9 Å². The van der Waals surface area contributed by atoms with Crippen molar-refractivity contribution in [2.75, 3.05) is 20.8 Å². The van der Waals surface area contributed by atoms with Crippen LogP contribution in [-0.2, 0) is 6.54 Å². The summed E-state index contributed by atoms with van der Waals surface area (Å²) >= 11 is 0. The van der Waals surface area contributed by atoms with Crippen LogP contribution in [0.3, 0.4) is 0 Å². The van der Waals surface area contributed by atoms with Gasteiger partial charge in [0.05, 0.1) is 19.7 Å². The minimum Gasteiger partial charge on any atom is -0.492 e. The molecule has 1 aromatic carbocycles. The lowest BCUT2D eigenvalue weighted by Gasteiger charge is -2.17. The molecule has 34 heavy (non-hydrogen) atoms. The van der Waals surface area contributed by atoms with Gasteiger partial charge in [-0.15, -0.1) is 0 Å². The second-order valence-corrected chi connectivity index (χ2v) is 9.15. The summed E-state index contributed by atoms with van der Waals surface area (Å²) in [4.78, 5) is 13.2. The molecule has 0 aliphatic heterocycles. The van der Waals surface area contributed by atoms with Crippen molar-refractivity contribution in [2.24, 2.45) is 0 Å². The molecule has 2 rings (SSSR count). The highest BCUT2D eigenvalue weighted by atomic mass is 16.5. The Morgan fingerprint density at radius 1 is 0.941 bits per heavy atom. The molecule has 0 radical (unpaired) electrons. The van der Waals surface area contributed by atoms with Crippen molar-refractivity contribution in [3.63, 3.8) is 0 Å². The standard InChI is InChI=1S/C29H43NO4/c1-7-8-9-10-11-12-19-30-26-21-24(34-20-18-23(4)15-13-14-22(2)3)16-17-25(26)27(32-5)28(33-6)29(30)31/h14,16-18,21H,7-13,15,19-20H2,1-6H3/b23-18+. The fraction of sp³-hybridized carbons (Fsp3) is 0.552. The molecule has 5 heteroatoms. The van der Waals surface area contributed by atoms with Crippen molar-refractivity contribution >= 4 is 10.9 Å². The molecule has 0 unspecified atom stereocenters. The Kier molecular flexibility index (Phi) is 11.8. The monoisotopic (exact) mass is 469 g/mol. The third-order valence-electron chi connectivity index (χ3n) is 6.07. The Bertz CT molecular complexity index is 1030. The third kappa shape index (κ3) is 7.96. The highest BCUT2D eigenvalue weighted by Crippen LogP contribution is 2.34. The molecule has 0 aliphatic rings. The van der Waals surface area contributed by atoms with Gasteiger partial charge in [-0.3, -0.25) is 4.79 Å². The minimum atomic E-state index is -0.160. The molecule has 188 valence electrons. The van der Waals surface area contributed by atoms with Crippen LogP contribution in [0.4, 0.5) is 0 Å². The smallest absolute Gasteiger partial charge is 0.297 e. The zero-order chi connectivity index (χ0) is 24.9. The summed E-state index contributed by atoms with van der Waals surface area (Å²) in [6, 6.07) is 5.83. The number of methoxy groups -OCH3 is 2. The number of hydrogen-bond acceptors (Lipinski definition) is 4. The van der Waals surface area contributed by atoms with E-state index < -0.39 is 0 Å². The van der Waals surface area contributed by atoms with E-state index in [0.717, 1.165) is 42.3 Å². The molecule has 0 spiro atoms. The molecule has 2 aromatic rings. The fourth-order valence-corrected chi connectivity index (χ4v) is 4.09. The quantitative estimate of drug-likeness (QED) is 0.201. The van der Waals surface area contributed by atoms with Gasteiger partial charge in [0.1, 0.15) is 12.4 Å². The Labute approximate surface area is 205 Å². The van der Waals surface area contributed by atoms with Gasteiger partial charge < -0.3 is 18.8 Å². The average Bonchev–Trinajstić information content (AvgIpc) is 2.81. The molecule has 0 amide bonds. The summed E-state index contributed by atoms with van der Waals surface area (Å²) in [5.41, 5.74) is 3.31. The second kappa shape index (κ2) is 14.5. The van der Waals surface area contributed by atoms with Crippen LogP contribution in [0, 0.1) is 0 Å². The molecule has 0 saturated heterocycles. The Hall–Kier alpha value is -2.69. The van der Waals surface area contributed by atoms with E-state index >= 15 is 0 Å². The zero-order valence-corrected chi connectivity index (χ0v) is 22.0.